The van der Waals surface area contributed by atoms with Gasteiger partial charge in [-0.1, -0.05) is 19.0 Å². The summed E-state index contributed by atoms with van der Waals surface area (Å²) < 4.78 is 4.80. The number of carboxylic acid groups (broad SMARTS) is 1. The lowest BCUT2D eigenvalue weighted by atomic mass is 9.96. The number of aromatic nitrogens is 2. The molecule has 1 atom stereocenters. The second-order valence-electron chi connectivity index (χ2n) is 4.81. The molecule has 1 rings (SSSR count). The quantitative estimate of drug-likeness (QED) is 0.674. The van der Waals surface area contributed by atoms with Gasteiger partial charge in [0.2, 0.25) is 5.89 Å². The van der Waals surface area contributed by atoms with E-state index in [1.807, 2.05) is 0 Å². The lowest BCUT2D eigenvalue weighted by molar-refractivity contribution is -0.142. The fourth-order valence-electron chi connectivity index (χ4n) is 1.60. The first-order chi connectivity index (χ1) is 9.40. The number of hydrogen-bond acceptors (Lipinski definition) is 5. The average molecular weight is 284 g/mol. The van der Waals surface area contributed by atoms with Crippen molar-refractivity contribution >= 4 is 12.0 Å². The molecule has 0 bridgehead atoms. The Labute approximate surface area is 116 Å². The number of carboxylic acids is 1. The van der Waals surface area contributed by atoms with Crippen molar-refractivity contribution in [2.24, 2.45) is 11.8 Å². The van der Waals surface area contributed by atoms with E-state index in [9.17, 15) is 9.59 Å². The van der Waals surface area contributed by atoms with Gasteiger partial charge in [0.1, 0.15) is 0 Å². The second kappa shape index (κ2) is 7.46. The number of aliphatic carboxylic acids is 1. The first-order valence-corrected chi connectivity index (χ1v) is 6.43. The lowest BCUT2D eigenvalue weighted by Crippen LogP contribution is -2.41. The first kappa shape index (κ1) is 15.9. The Morgan fingerprint density at radius 1 is 1.35 bits per heavy atom. The molecule has 0 aliphatic carbocycles. The van der Waals surface area contributed by atoms with Crippen molar-refractivity contribution in [1.82, 2.24) is 20.8 Å². The van der Waals surface area contributed by atoms with Crippen LogP contribution in [0.25, 0.3) is 0 Å². The summed E-state index contributed by atoms with van der Waals surface area (Å²) in [6.07, 6.45) is 0.456. The summed E-state index contributed by atoms with van der Waals surface area (Å²) >= 11 is 0. The van der Waals surface area contributed by atoms with Crippen molar-refractivity contribution in [3.63, 3.8) is 0 Å². The minimum Gasteiger partial charge on any atom is -0.481 e. The average Bonchev–Trinajstić information content (AvgIpc) is 2.74. The minimum absolute atomic E-state index is 0.0462. The Morgan fingerprint density at radius 2 is 2.05 bits per heavy atom. The molecule has 1 aromatic rings. The van der Waals surface area contributed by atoms with Gasteiger partial charge in [0.15, 0.2) is 5.82 Å². The van der Waals surface area contributed by atoms with Crippen molar-refractivity contribution in [3.05, 3.63) is 11.7 Å². The molecular weight excluding hydrogens is 264 g/mol. The summed E-state index contributed by atoms with van der Waals surface area (Å²) in [5, 5.41) is 17.8. The van der Waals surface area contributed by atoms with Gasteiger partial charge >= 0.3 is 12.0 Å². The zero-order chi connectivity index (χ0) is 15.1. The van der Waals surface area contributed by atoms with Crippen molar-refractivity contribution in [2.45, 2.75) is 27.2 Å². The third-order valence-electron chi connectivity index (χ3n) is 2.81. The molecule has 1 aromatic heterocycles. The molecule has 0 saturated carbocycles. The molecule has 0 aliphatic rings. The molecule has 0 saturated heterocycles. The Bertz CT molecular complexity index is 458. The summed E-state index contributed by atoms with van der Waals surface area (Å²) in [6.45, 7) is 5.74. The second-order valence-corrected chi connectivity index (χ2v) is 4.81. The molecule has 20 heavy (non-hydrogen) atoms. The number of rotatable bonds is 7. The van der Waals surface area contributed by atoms with Gasteiger partial charge in [-0.15, -0.1) is 0 Å². The SMILES string of the molecule is Cc1nc(CCNC(=O)NCC(C(=O)O)C(C)C)no1. The number of hydrogen-bond donors (Lipinski definition) is 3. The van der Waals surface area contributed by atoms with E-state index >= 15 is 0 Å². The highest BCUT2D eigenvalue weighted by molar-refractivity contribution is 5.75. The van der Waals surface area contributed by atoms with Crippen LogP contribution in [-0.2, 0) is 11.2 Å². The summed E-state index contributed by atoms with van der Waals surface area (Å²) in [5.74, 6) is -0.558. The van der Waals surface area contributed by atoms with Crippen LogP contribution >= 0.6 is 0 Å². The maximum atomic E-state index is 11.5. The molecule has 8 nitrogen and oxygen atoms in total. The third kappa shape index (κ3) is 5.25. The molecule has 1 unspecified atom stereocenters. The summed E-state index contributed by atoms with van der Waals surface area (Å²) in [7, 11) is 0. The third-order valence-corrected chi connectivity index (χ3v) is 2.81. The predicted octanol–water partition coefficient (Wildman–Crippen LogP) is 0.577. The Kier molecular flexibility index (Phi) is 5.95. The molecule has 1 heterocycles. The predicted molar refractivity (Wildman–Crippen MR) is 70.1 cm³/mol. The van der Waals surface area contributed by atoms with Gasteiger partial charge in [0.05, 0.1) is 5.92 Å². The van der Waals surface area contributed by atoms with Crippen LogP contribution in [0.4, 0.5) is 4.79 Å². The number of carbonyl (C=O) groups excluding carboxylic acids is 1. The topological polar surface area (TPSA) is 117 Å². The summed E-state index contributed by atoms with van der Waals surface area (Å²) in [5.41, 5.74) is 0. The zero-order valence-electron chi connectivity index (χ0n) is 11.8. The van der Waals surface area contributed by atoms with Crippen LogP contribution in [0.3, 0.4) is 0 Å². The van der Waals surface area contributed by atoms with E-state index in [0.717, 1.165) is 0 Å². The Hall–Kier alpha value is -2.12. The van der Waals surface area contributed by atoms with Crippen LogP contribution in [0.5, 0.6) is 0 Å². The molecule has 0 fully saturated rings. The van der Waals surface area contributed by atoms with E-state index in [0.29, 0.717) is 24.7 Å². The maximum absolute atomic E-state index is 11.5. The fourth-order valence-corrected chi connectivity index (χ4v) is 1.60. The van der Waals surface area contributed by atoms with E-state index in [4.69, 9.17) is 9.63 Å². The number of nitrogens with zero attached hydrogens (tertiary/aromatic N) is 2. The van der Waals surface area contributed by atoms with E-state index < -0.39 is 17.9 Å². The van der Waals surface area contributed by atoms with Crippen LogP contribution in [0, 0.1) is 18.8 Å². The van der Waals surface area contributed by atoms with Gasteiger partial charge in [-0.2, -0.15) is 4.98 Å². The summed E-state index contributed by atoms with van der Waals surface area (Å²) in [6, 6.07) is -0.405. The van der Waals surface area contributed by atoms with Crippen molar-refractivity contribution in [3.8, 4) is 0 Å². The van der Waals surface area contributed by atoms with Crippen molar-refractivity contribution in [2.75, 3.05) is 13.1 Å². The van der Waals surface area contributed by atoms with Gasteiger partial charge in [-0.05, 0) is 5.92 Å². The monoisotopic (exact) mass is 284 g/mol. The molecule has 112 valence electrons. The molecule has 0 aromatic carbocycles. The Balaban J connectivity index is 2.24. The molecular formula is C12H20N4O4. The van der Waals surface area contributed by atoms with E-state index in [-0.39, 0.29) is 12.5 Å². The normalized spacial score (nSPS) is 12.2. The van der Waals surface area contributed by atoms with Crippen LogP contribution < -0.4 is 10.6 Å². The van der Waals surface area contributed by atoms with Gasteiger partial charge in [0, 0.05) is 26.4 Å². The number of aryl methyl sites for hydroxylation is 1. The van der Waals surface area contributed by atoms with E-state index in [1.54, 1.807) is 20.8 Å². The maximum Gasteiger partial charge on any atom is 0.314 e. The smallest absolute Gasteiger partial charge is 0.314 e. The molecule has 2 amide bonds. The first-order valence-electron chi connectivity index (χ1n) is 6.43. The van der Waals surface area contributed by atoms with Gasteiger partial charge in [0.25, 0.3) is 0 Å². The van der Waals surface area contributed by atoms with Gasteiger partial charge < -0.3 is 20.3 Å². The van der Waals surface area contributed by atoms with Crippen LogP contribution in [0.15, 0.2) is 4.52 Å². The van der Waals surface area contributed by atoms with Crippen molar-refractivity contribution in [1.29, 1.82) is 0 Å². The zero-order valence-corrected chi connectivity index (χ0v) is 11.8. The van der Waals surface area contributed by atoms with Gasteiger partial charge in [-0.3, -0.25) is 4.79 Å². The number of carbonyl (C=O) groups is 2. The van der Waals surface area contributed by atoms with Crippen LogP contribution in [0.1, 0.15) is 25.6 Å². The van der Waals surface area contributed by atoms with E-state index in [1.165, 1.54) is 0 Å². The minimum atomic E-state index is -0.914. The van der Waals surface area contributed by atoms with Crippen LogP contribution in [0.2, 0.25) is 0 Å². The molecule has 0 spiro atoms. The largest absolute Gasteiger partial charge is 0.481 e. The highest BCUT2D eigenvalue weighted by Gasteiger charge is 2.21. The molecule has 0 aliphatic heterocycles. The van der Waals surface area contributed by atoms with Crippen LogP contribution in [-0.4, -0.2) is 40.3 Å². The number of urea groups is 1. The Morgan fingerprint density at radius 3 is 2.55 bits per heavy atom. The fraction of sp³-hybridized carbons (Fsp3) is 0.667. The van der Waals surface area contributed by atoms with Gasteiger partial charge in [-0.25, -0.2) is 4.79 Å². The molecule has 0 radical (unpaired) electrons. The molecule has 8 heteroatoms. The highest BCUT2D eigenvalue weighted by Crippen LogP contribution is 2.09. The molecule has 3 N–H and O–H groups in total. The number of nitrogens with one attached hydrogen (secondary N) is 2. The number of amides is 2. The lowest BCUT2D eigenvalue weighted by Gasteiger charge is -2.16. The summed E-state index contributed by atoms with van der Waals surface area (Å²) in [4.78, 5) is 26.5. The highest BCUT2D eigenvalue weighted by atomic mass is 16.5. The van der Waals surface area contributed by atoms with E-state index in [2.05, 4.69) is 20.8 Å². The van der Waals surface area contributed by atoms with Crippen molar-refractivity contribution < 1.29 is 19.2 Å². The standard InChI is InChI=1S/C12H20N4O4/c1-7(2)9(11(17)18)6-14-12(19)13-5-4-10-15-8(3)20-16-10/h7,9H,4-6H2,1-3H3,(H,17,18)(H2,13,14,19).